The van der Waals surface area contributed by atoms with E-state index < -0.39 is 11.5 Å². The lowest BCUT2D eigenvalue weighted by Gasteiger charge is -2.27. The van der Waals surface area contributed by atoms with Crippen LogP contribution in [0.4, 0.5) is 0 Å². The van der Waals surface area contributed by atoms with Crippen LogP contribution in [0.25, 0.3) is 0 Å². The number of nitriles is 1. The van der Waals surface area contributed by atoms with Gasteiger partial charge in [-0.1, -0.05) is 12.8 Å². The SMILES string of the molecule is Cc1cc(C(O)C2(C#N)CCCC2)c(C)s1. The molecule has 2 rings (SSSR count). The lowest BCUT2D eigenvalue weighted by molar-refractivity contribution is 0.0670. The number of thiophene rings is 1. The topological polar surface area (TPSA) is 44.0 Å². The molecule has 1 aromatic heterocycles. The van der Waals surface area contributed by atoms with Crippen molar-refractivity contribution in [2.24, 2.45) is 5.41 Å². The Morgan fingerprint density at radius 2 is 2.06 bits per heavy atom. The number of hydrogen-bond donors (Lipinski definition) is 1. The van der Waals surface area contributed by atoms with Gasteiger partial charge in [0.25, 0.3) is 0 Å². The molecule has 3 heteroatoms. The Bertz CT molecular complexity index is 424. The molecular formula is C13H17NOS. The second-order valence-corrected chi connectivity index (χ2v) is 6.21. The second-order valence-electron chi connectivity index (χ2n) is 4.75. The molecule has 1 fully saturated rings. The third-order valence-electron chi connectivity index (χ3n) is 3.62. The van der Waals surface area contributed by atoms with Gasteiger partial charge < -0.3 is 5.11 Å². The van der Waals surface area contributed by atoms with Gasteiger partial charge in [-0.05, 0) is 38.3 Å². The number of nitrogens with zero attached hydrogens (tertiary/aromatic N) is 1. The maximum absolute atomic E-state index is 10.4. The molecular weight excluding hydrogens is 218 g/mol. The minimum absolute atomic E-state index is 0.529. The first kappa shape index (κ1) is 11.6. The van der Waals surface area contributed by atoms with E-state index in [1.807, 2.05) is 19.9 Å². The zero-order valence-electron chi connectivity index (χ0n) is 9.79. The van der Waals surface area contributed by atoms with E-state index in [9.17, 15) is 10.4 Å². The van der Waals surface area contributed by atoms with Gasteiger partial charge in [0.05, 0.1) is 17.6 Å². The van der Waals surface area contributed by atoms with E-state index in [1.165, 1.54) is 4.88 Å². The lowest BCUT2D eigenvalue weighted by Crippen LogP contribution is -2.24. The second kappa shape index (κ2) is 4.20. The quantitative estimate of drug-likeness (QED) is 0.852. The summed E-state index contributed by atoms with van der Waals surface area (Å²) in [6.45, 7) is 4.07. The van der Waals surface area contributed by atoms with Crippen LogP contribution in [0.5, 0.6) is 0 Å². The van der Waals surface area contributed by atoms with Crippen molar-refractivity contribution in [1.82, 2.24) is 0 Å². The molecule has 1 aliphatic rings. The minimum atomic E-state index is -0.607. The average molecular weight is 235 g/mol. The number of aliphatic hydroxyl groups excluding tert-OH is 1. The molecule has 0 aromatic carbocycles. The molecule has 0 saturated heterocycles. The summed E-state index contributed by atoms with van der Waals surface area (Å²) in [5, 5.41) is 19.8. The van der Waals surface area contributed by atoms with E-state index in [0.717, 1.165) is 36.1 Å². The zero-order chi connectivity index (χ0) is 11.8. The van der Waals surface area contributed by atoms with Crippen molar-refractivity contribution in [3.8, 4) is 6.07 Å². The standard InChI is InChI=1S/C13H17NOS/c1-9-7-11(10(2)16-9)12(15)13(8-14)5-3-4-6-13/h7,12,15H,3-6H2,1-2H3. The van der Waals surface area contributed by atoms with Gasteiger partial charge in [0, 0.05) is 9.75 Å². The maximum atomic E-state index is 10.4. The van der Waals surface area contributed by atoms with Crippen molar-refractivity contribution < 1.29 is 5.11 Å². The Labute approximate surface area is 101 Å². The van der Waals surface area contributed by atoms with E-state index in [-0.39, 0.29) is 0 Å². The summed E-state index contributed by atoms with van der Waals surface area (Å²) in [7, 11) is 0. The summed E-state index contributed by atoms with van der Waals surface area (Å²) in [5.74, 6) is 0. The number of aryl methyl sites for hydroxylation is 2. The van der Waals surface area contributed by atoms with Gasteiger partial charge >= 0.3 is 0 Å². The van der Waals surface area contributed by atoms with Gasteiger partial charge in [0.1, 0.15) is 0 Å². The highest BCUT2D eigenvalue weighted by atomic mass is 32.1. The lowest BCUT2D eigenvalue weighted by atomic mass is 9.79. The molecule has 1 aromatic rings. The highest BCUT2D eigenvalue weighted by Crippen LogP contribution is 2.48. The molecule has 1 aliphatic carbocycles. The van der Waals surface area contributed by atoms with E-state index in [1.54, 1.807) is 11.3 Å². The first-order valence-electron chi connectivity index (χ1n) is 5.75. The summed E-state index contributed by atoms with van der Waals surface area (Å²) in [6.07, 6.45) is 3.18. The van der Waals surface area contributed by atoms with Crippen LogP contribution in [0, 0.1) is 30.6 Å². The molecule has 1 atom stereocenters. The minimum Gasteiger partial charge on any atom is -0.387 e. The van der Waals surface area contributed by atoms with Crippen molar-refractivity contribution in [3.05, 3.63) is 21.4 Å². The van der Waals surface area contributed by atoms with E-state index in [0.29, 0.717) is 0 Å². The van der Waals surface area contributed by atoms with Crippen molar-refractivity contribution in [3.63, 3.8) is 0 Å². The van der Waals surface area contributed by atoms with Gasteiger partial charge in [-0.15, -0.1) is 11.3 Å². The van der Waals surface area contributed by atoms with Crippen LogP contribution in [0.1, 0.15) is 47.1 Å². The molecule has 16 heavy (non-hydrogen) atoms. The van der Waals surface area contributed by atoms with Crippen molar-refractivity contribution in [1.29, 1.82) is 5.26 Å². The van der Waals surface area contributed by atoms with Gasteiger partial charge in [0.2, 0.25) is 0 Å². The number of rotatable bonds is 2. The molecule has 1 heterocycles. The van der Waals surface area contributed by atoms with E-state index in [4.69, 9.17) is 0 Å². The Morgan fingerprint density at radius 3 is 2.50 bits per heavy atom. The van der Waals surface area contributed by atoms with Crippen molar-refractivity contribution in [2.45, 2.75) is 45.6 Å². The van der Waals surface area contributed by atoms with Crippen LogP contribution in [0.15, 0.2) is 6.07 Å². The third kappa shape index (κ3) is 1.77. The van der Waals surface area contributed by atoms with Crippen LogP contribution in [0.2, 0.25) is 0 Å². The smallest absolute Gasteiger partial charge is 0.0986 e. The first-order chi connectivity index (χ1) is 7.59. The highest BCUT2D eigenvalue weighted by Gasteiger charge is 2.42. The molecule has 2 nitrogen and oxygen atoms in total. The van der Waals surface area contributed by atoms with Crippen LogP contribution >= 0.6 is 11.3 Å². The average Bonchev–Trinajstić information content (AvgIpc) is 2.85. The van der Waals surface area contributed by atoms with Gasteiger partial charge in [-0.2, -0.15) is 5.26 Å². The maximum Gasteiger partial charge on any atom is 0.0986 e. The van der Waals surface area contributed by atoms with Crippen LogP contribution in [-0.2, 0) is 0 Å². The first-order valence-corrected chi connectivity index (χ1v) is 6.57. The monoisotopic (exact) mass is 235 g/mol. The molecule has 1 N–H and O–H groups in total. The molecule has 0 aliphatic heterocycles. The molecule has 0 radical (unpaired) electrons. The Balaban J connectivity index is 2.34. The fourth-order valence-corrected chi connectivity index (χ4v) is 3.63. The molecule has 1 saturated carbocycles. The Hall–Kier alpha value is -0.850. The van der Waals surface area contributed by atoms with Gasteiger partial charge in [-0.25, -0.2) is 0 Å². The van der Waals surface area contributed by atoms with E-state index >= 15 is 0 Å². The molecule has 0 spiro atoms. The Kier molecular flexibility index (Phi) is 3.05. The van der Waals surface area contributed by atoms with Crippen molar-refractivity contribution in [2.75, 3.05) is 0 Å². The predicted molar refractivity (Wildman–Crippen MR) is 65.3 cm³/mol. The fourth-order valence-electron chi connectivity index (χ4n) is 2.67. The molecule has 1 unspecified atom stereocenters. The summed E-state index contributed by atoms with van der Waals surface area (Å²) in [6, 6.07) is 4.40. The van der Waals surface area contributed by atoms with Crippen LogP contribution < -0.4 is 0 Å². The Morgan fingerprint density at radius 1 is 1.44 bits per heavy atom. The largest absolute Gasteiger partial charge is 0.387 e. The van der Waals surface area contributed by atoms with Gasteiger partial charge in [0.15, 0.2) is 0 Å². The third-order valence-corrected chi connectivity index (χ3v) is 4.60. The van der Waals surface area contributed by atoms with Crippen molar-refractivity contribution >= 4 is 11.3 Å². The predicted octanol–water partition coefficient (Wildman–Crippen LogP) is 3.48. The zero-order valence-corrected chi connectivity index (χ0v) is 10.6. The fraction of sp³-hybridized carbons (Fsp3) is 0.615. The molecule has 0 amide bonds. The molecule has 86 valence electrons. The molecule has 0 bridgehead atoms. The normalized spacial score (nSPS) is 20.6. The summed E-state index contributed by atoms with van der Waals surface area (Å²) in [5.41, 5.74) is 0.434. The van der Waals surface area contributed by atoms with Gasteiger partial charge in [-0.3, -0.25) is 0 Å². The highest BCUT2D eigenvalue weighted by molar-refractivity contribution is 7.12. The number of hydrogen-bond acceptors (Lipinski definition) is 3. The summed E-state index contributed by atoms with van der Waals surface area (Å²) >= 11 is 1.70. The van der Waals surface area contributed by atoms with Crippen LogP contribution in [-0.4, -0.2) is 5.11 Å². The summed E-state index contributed by atoms with van der Waals surface area (Å²) < 4.78 is 0. The summed E-state index contributed by atoms with van der Waals surface area (Å²) in [4.78, 5) is 2.35. The van der Waals surface area contributed by atoms with Crippen LogP contribution in [0.3, 0.4) is 0 Å². The van der Waals surface area contributed by atoms with E-state index in [2.05, 4.69) is 6.07 Å². The number of aliphatic hydroxyl groups is 1.